The minimum absolute atomic E-state index is 0.125. The van der Waals surface area contributed by atoms with E-state index >= 15 is 0 Å². The van der Waals surface area contributed by atoms with Gasteiger partial charge >= 0.3 is 5.97 Å². The molecular formula is C11H16N2O3. The number of hydrogen-bond acceptors (Lipinski definition) is 5. The van der Waals surface area contributed by atoms with Crippen molar-refractivity contribution in [2.45, 2.75) is 32.8 Å². The van der Waals surface area contributed by atoms with Crippen LogP contribution in [0.25, 0.3) is 0 Å². The third-order valence-electron chi connectivity index (χ3n) is 2.19. The molecule has 0 aromatic carbocycles. The summed E-state index contributed by atoms with van der Waals surface area (Å²) in [4.78, 5) is 19.4. The molecule has 1 heterocycles. The summed E-state index contributed by atoms with van der Waals surface area (Å²) in [5.41, 5.74) is -0.329. The second-order valence-electron chi connectivity index (χ2n) is 3.75. The topological polar surface area (TPSA) is 72.3 Å². The van der Waals surface area contributed by atoms with Gasteiger partial charge in [0.2, 0.25) is 0 Å². The lowest BCUT2D eigenvalue weighted by Crippen LogP contribution is -2.28. The molecule has 0 amide bonds. The predicted molar refractivity (Wildman–Crippen MR) is 57.6 cm³/mol. The van der Waals surface area contributed by atoms with Crippen molar-refractivity contribution >= 4 is 5.97 Å². The zero-order valence-electron chi connectivity index (χ0n) is 9.73. The average molecular weight is 224 g/mol. The Labute approximate surface area is 94.5 Å². The van der Waals surface area contributed by atoms with Crippen LogP contribution in [0, 0.1) is 6.92 Å². The van der Waals surface area contributed by atoms with E-state index in [1.54, 1.807) is 20.0 Å². The van der Waals surface area contributed by atoms with Crippen molar-refractivity contribution in [2.75, 3.05) is 6.61 Å². The molecule has 0 spiro atoms. The van der Waals surface area contributed by atoms with Gasteiger partial charge in [-0.1, -0.05) is 0 Å². The largest absolute Gasteiger partial charge is 0.466 e. The molecule has 5 heteroatoms. The van der Waals surface area contributed by atoms with Crippen LogP contribution in [0.4, 0.5) is 0 Å². The Morgan fingerprint density at radius 3 is 2.69 bits per heavy atom. The van der Waals surface area contributed by atoms with E-state index in [1.807, 2.05) is 0 Å². The standard InChI is InChI=1S/C11H16N2O3/c1-4-16-9(14)7-11(3,15)10-8(2)12-5-6-13-10/h5-6,15H,4,7H2,1-3H3. The van der Waals surface area contributed by atoms with Crippen LogP contribution in [0.3, 0.4) is 0 Å². The van der Waals surface area contributed by atoms with Crippen molar-refractivity contribution in [3.05, 3.63) is 23.8 Å². The number of nitrogens with zero attached hydrogens (tertiary/aromatic N) is 2. The highest BCUT2D eigenvalue weighted by atomic mass is 16.5. The van der Waals surface area contributed by atoms with Crippen LogP contribution in [0.5, 0.6) is 0 Å². The summed E-state index contributed by atoms with van der Waals surface area (Å²) in [6.07, 6.45) is 2.90. The molecule has 5 nitrogen and oxygen atoms in total. The van der Waals surface area contributed by atoms with Crippen molar-refractivity contribution in [3.8, 4) is 0 Å². The summed E-state index contributed by atoms with van der Waals surface area (Å²) in [6.45, 7) is 5.29. The normalized spacial score (nSPS) is 14.2. The van der Waals surface area contributed by atoms with Crippen LogP contribution in [0.1, 0.15) is 31.7 Å². The van der Waals surface area contributed by atoms with Crippen LogP contribution in [-0.4, -0.2) is 27.7 Å². The molecule has 0 aliphatic carbocycles. The molecule has 0 saturated carbocycles. The maximum atomic E-state index is 11.3. The first-order valence-corrected chi connectivity index (χ1v) is 5.13. The Kier molecular flexibility index (Phi) is 3.95. The zero-order chi connectivity index (χ0) is 12.2. The fraction of sp³-hybridized carbons (Fsp3) is 0.545. The van der Waals surface area contributed by atoms with Crippen molar-refractivity contribution < 1.29 is 14.6 Å². The number of hydrogen-bond donors (Lipinski definition) is 1. The fourth-order valence-corrected chi connectivity index (χ4v) is 1.51. The van der Waals surface area contributed by atoms with Crippen LogP contribution < -0.4 is 0 Å². The summed E-state index contributed by atoms with van der Waals surface area (Å²) in [6, 6.07) is 0. The minimum Gasteiger partial charge on any atom is -0.466 e. The Bertz CT molecular complexity index is 377. The van der Waals surface area contributed by atoms with E-state index in [2.05, 4.69) is 9.97 Å². The number of ether oxygens (including phenoxy) is 1. The molecule has 0 saturated heterocycles. The molecular weight excluding hydrogens is 208 g/mol. The van der Waals surface area contributed by atoms with Crippen molar-refractivity contribution in [2.24, 2.45) is 0 Å². The molecule has 1 atom stereocenters. The molecule has 0 aliphatic heterocycles. The van der Waals surface area contributed by atoms with E-state index in [4.69, 9.17) is 4.74 Å². The lowest BCUT2D eigenvalue weighted by atomic mass is 9.96. The van der Waals surface area contributed by atoms with Crippen LogP contribution in [0.2, 0.25) is 0 Å². The summed E-state index contributed by atoms with van der Waals surface area (Å²) >= 11 is 0. The van der Waals surface area contributed by atoms with Crippen LogP contribution in [0.15, 0.2) is 12.4 Å². The Morgan fingerprint density at radius 1 is 1.50 bits per heavy atom. The summed E-state index contributed by atoms with van der Waals surface area (Å²) < 4.78 is 4.79. The maximum absolute atomic E-state index is 11.3. The highest BCUT2D eigenvalue weighted by Gasteiger charge is 2.30. The molecule has 0 bridgehead atoms. The molecule has 1 rings (SSSR count). The number of carbonyl (C=O) groups excluding carboxylic acids is 1. The zero-order valence-corrected chi connectivity index (χ0v) is 9.73. The van der Waals surface area contributed by atoms with E-state index in [1.165, 1.54) is 13.1 Å². The van der Waals surface area contributed by atoms with Gasteiger partial charge in [0.15, 0.2) is 0 Å². The van der Waals surface area contributed by atoms with Gasteiger partial charge in [-0.05, 0) is 20.8 Å². The second-order valence-corrected chi connectivity index (χ2v) is 3.75. The Morgan fingerprint density at radius 2 is 2.12 bits per heavy atom. The molecule has 0 radical (unpaired) electrons. The number of aryl methyl sites for hydroxylation is 1. The third-order valence-corrected chi connectivity index (χ3v) is 2.19. The van der Waals surface area contributed by atoms with Gasteiger partial charge < -0.3 is 9.84 Å². The lowest BCUT2D eigenvalue weighted by molar-refractivity contribution is -0.148. The summed E-state index contributed by atoms with van der Waals surface area (Å²) in [5.74, 6) is -0.447. The predicted octanol–water partition coefficient (Wildman–Crippen LogP) is 0.946. The van der Waals surface area contributed by atoms with Crippen molar-refractivity contribution in [3.63, 3.8) is 0 Å². The molecule has 0 aliphatic rings. The quantitative estimate of drug-likeness (QED) is 0.771. The van der Waals surface area contributed by atoms with E-state index in [0.717, 1.165) is 0 Å². The van der Waals surface area contributed by atoms with E-state index < -0.39 is 11.6 Å². The van der Waals surface area contributed by atoms with Gasteiger partial charge in [0.05, 0.1) is 24.4 Å². The first-order valence-electron chi connectivity index (χ1n) is 5.13. The van der Waals surface area contributed by atoms with Gasteiger partial charge in [-0.2, -0.15) is 0 Å². The first-order chi connectivity index (χ1) is 7.47. The smallest absolute Gasteiger partial charge is 0.309 e. The van der Waals surface area contributed by atoms with Crippen LogP contribution in [-0.2, 0) is 15.1 Å². The molecule has 1 aromatic heterocycles. The van der Waals surface area contributed by atoms with E-state index in [0.29, 0.717) is 18.0 Å². The average Bonchev–Trinajstić information content (AvgIpc) is 2.17. The molecule has 0 fully saturated rings. The third kappa shape index (κ3) is 3.00. The van der Waals surface area contributed by atoms with E-state index in [-0.39, 0.29) is 6.42 Å². The monoisotopic (exact) mass is 224 g/mol. The minimum atomic E-state index is -1.34. The SMILES string of the molecule is CCOC(=O)CC(C)(O)c1nccnc1C. The molecule has 1 aromatic rings. The summed E-state index contributed by atoms with van der Waals surface area (Å²) in [7, 11) is 0. The molecule has 88 valence electrons. The molecule has 1 unspecified atom stereocenters. The number of aliphatic hydroxyl groups is 1. The summed E-state index contributed by atoms with van der Waals surface area (Å²) in [5, 5.41) is 10.2. The van der Waals surface area contributed by atoms with Gasteiger partial charge in [-0.25, -0.2) is 0 Å². The highest BCUT2D eigenvalue weighted by Crippen LogP contribution is 2.24. The fourth-order valence-electron chi connectivity index (χ4n) is 1.51. The van der Waals surface area contributed by atoms with Gasteiger partial charge in [0, 0.05) is 12.4 Å². The van der Waals surface area contributed by atoms with Gasteiger partial charge in [0.1, 0.15) is 5.60 Å². The first kappa shape index (κ1) is 12.6. The van der Waals surface area contributed by atoms with Gasteiger partial charge in [-0.15, -0.1) is 0 Å². The number of carbonyl (C=O) groups is 1. The van der Waals surface area contributed by atoms with Gasteiger partial charge in [0.25, 0.3) is 0 Å². The Hall–Kier alpha value is -1.49. The molecule has 1 N–H and O–H groups in total. The maximum Gasteiger partial charge on any atom is 0.309 e. The highest BCUT2D eigenvalue weighted by molar-refractivity contribution is 5.70. The number of rotatable bonds is 4. The number of esters is 1. The lowest BCUT2D eigenvalue weighted by Gasteiger charge is -2.22. The van der Waals surface area contributed by atoms with E-state index in [9.17, 15) is 9.90 Å². The molecule has 16 heavy (non-hydrogen) atoms. The van der Waals surface area contributed by atoms with Crippen molar-refractivity contribution in [1.82, 2.24) is 9.97 Å². The van der Waals surface area contributed by atoms with Crippen LogP contribution >= 0.6 is 0 Å². The Balaban J connectivity index is 2.85. The number of aromatic nitrogens is 2. The van der Waals surface area contributed by atoms with Gasteiger partial charge in [-0.3, -0.25) is 14.8 Å². The van der Waals surface area contributed by atoms with Crippen molar-refractivity contribution in [1.29, 1.82) is 0 Å². The second kappa shape index (κ2) is 5.03.